The average Bonchev–Trinajstić information content (AvgIpc) is 2.92. The van der Waals surface area contributed by atoms with Gasteiger partial charge in [-0.2, -0.15) is 0 Å². The van der Waals surface area contributed by atoms with Crippen LogP contribution in [0.1, 0.15) is 55.0 Å². The minimum Gasteiger partial charge on any atom is -0.507 e. The first-order chi connectivity index (χ1) is 13.7. The highest BCUT2D eigenvalue weighted by molar-refractivity contribution is 6.46. The van der Waals surface area contributed by atoms with E-state index in [9.17, 15) is 19.8 Å². The van der Waals surface area contributed by atoms with E-state index in [2.05, 4.69) is 13.8 Å². The summed E-state index contributed by atoms with van der Waals surface area (Å²) >= 11 is 0. The second-order valence-electron chi connectivity index (χ2n) is 7.99. The van der Waals surface area contributed by atoms with E-state index < -0.39 is 23.8 Å². The molecule has 5 heteroatoms. The predicted octanol–water partition coefficient (Wildman–Crippen LogP) is 3.92. The Morgan fingerprint density at radius 2 is 1.59 bits per heavy atom. The van der Waals surface area contributed by atoms with Crippen molar-refractivity contribution in [2.75, 3.05) is 6.54 Å². The number of amides is 1. The molecule has 5 nitrogen and oxygen atoms in total. The molecule has 0 saturated carbocycles. The number of Topliss-reactive ketones (excluding diaryl/α,β-unsaturated/α-hetero) is 1. The van der Waals surface area contributed by atoms with Gasteiger partial charge in [-0.3, -0.25) is 9.59 Å². The number of benzene rings is 2. The molecule has 1 aliphatic heterocycles. The maximum Gasteiger partial charge on any atom is 0.295 e. The number of aliphatic hydroxyl groups excluding tert-OH is 2. The fraction of sp³-hybridized carbons (Fsp3) is 0.333. The van der Waals surface area contributed by atoms with Gasteiger partial charge in [0.1, 0.15) is 5.76 Å². The molecule has 2 aromatic rings. The highest BCUT2D eigenvalue weighted by atomic mass is 16.3. The SMILES string of the molecule is Cc1ccc(/C(O)=C2\C(=O)C(=O)N(CC(C)O)C2c2ccc(C(C)C)cc2)cc1. The van der Waals surface area contributed by atoms with Gasteiger partial charge in [0.05, 0.1) is 17.7 Å². The van der Waals surface area contributed by atoms with Crippen LogP contribution in [0.25, 0.3) is 5.76 Å². The predicted molar refractivity (Wildman–Crippen MR) is 112 cm³/mol. The molecule has 3 rings (SSSR count). The topological polar surface area (TPSA) is 77.8 Å². The van der Waals surface area contributed by atoms with Gasteiger partial charge >= 0.3 is 0 Å². The molecule has 0 bridgehead atoms. The Labute approximate surface area is 171 Å². The Balaban J connectivity index is 2.15. The molecule has 1 heterocycles. The van der Waals surface area contributed by atoms with Gasteiger partial charge in [-0.05, 0) is 30.9 Å². The number of aryl methyl sites for hydroxylation is 1. The van der Waals surface area contributed by atoms with Gasteiger partial charge in [-0.15, -0.1) is 0 Å². The first-order valence-electron chi connectivity index (χ1n) is 9.84. The number of carbonyl (C=O) groups is 2. The number of carbonyl (C=O) groups excluding carboxylic acids is 2. The molecule has 2 unspecified atom stereocenters. The van der Waals surface area contributed by atoms with Gasteiger partial charge in [-0.25, -0.2) is 0 Å². The summed E-state index contributed by atoms with van der Waals surface area (Å²) in [5.74, 6) is -1.30. The number of likely N-dealkylation sites (tertiary alicyclic amines) is 1. The summed E-state index contributed by atoms with van der Waals surface area (Å²) in [6.07, 6.45) is -0.801. The molecule has 2 N–H and O–H groups in total. The van der Waals surface area contributed by atoms with Crippen molar-refractivity contribution in [1.29, 1.82) is 0 Å². The molecule has 152 valence electrons. The van der Waals surface area contributed by atoms with Gasteiger partial charge in [0, 0.05) is 12.1 Å². The number of rotatable bonds is 5. The number of hydrogen-bond acceptors (Lipinski definition) is 4. The molecule has 1 saturated heterocycles. The molecule has 0 aliphatic carbocycles. The van der Waals surface area contributed by atoms with Crippen LogP contribution in [0, 0.1) is 6.92 Å². The summed E-state index contributed by atoms with van der Waals surface area (Å²) in [5.41, 5.74) is 3.42. The lowest BCUT2D eigenvalue weighted by atomic mass is 9.93. The Hall–Kier alpha value is -2.92. The lowest BCUT2D eigenvalue weighted by molar-refractivity contribution is -0.140. The standard InChI is InChI=1S/C24H27NO4/c1-14(2)17-9-11-18(12-10-17)21-20(22(27)19-7-5-15(3)6-8-19)23(28)24(29)25(21)13-16(4)26/h5-12,14,16,21,26-27H,13H2,1-4H3/b22-20+. The van der Waals surface area contributed by atoms with Gasteiger partial charge in [-0.1, -0.05) is 67.9 Å². The normalized spacial score (nSPS) is 19.8. The third-order valence-electron chi connectivity index (χ3n) is 5.24. The summed E-state index contributed by atoms with van der Waals surface area (Å²) in [5, 5.41) is 20.8. The zero-order valence-corrected chi connectivity index (χ0v) is 17.2. The van der Waals surface area contributed by atoms with E-state index in [1.807, 2.05) is 43.3 Å². The van der Waals surface area contributed by atoms with E-state index in [0.29, 0.717) is 11.5 Å². The Morgan fingerprint density at radius 3 is 2.10 bits per heavy atom. The Kier molecular flexibility index (Phi) is 5.89. The molecule has 0 spiro atoms. The first-order valence-corrected chi connectivity index (χ1v) is 9.84. The fourth-order valence-electron chi connectivity index (χ4n) is 3.63. The summed E-state index contributed by atoms with van der Waals surface area (Å²) in [6.45, 7) is 7.68. The molecule has 2 aromatic carbocycles. The molecule has 0 radical (unpaired) electrons. The van der Waals surface area contributed by atoms with E-state index in [1.54, 1.807) is 19.1 Å². The van der Waals surface area contributed by atoms with Crippen molar-refractivity contribution in [2.24, 2.45) is 0 Å². The zero-order valence-electron chi connectivity index (χ0n) is 17.2. The van der Waals surface area contributed by atoms with Crippen LogP contribution in [0.5, 0.6) is 0 Å². The largest absolute Gasteiger partial charge is 0.507 e. The molecule has 29 heavy (non-hydrogen) atoms. The second-order valence-corrected chi connectivity index (χ2v) is 7.99. The average molecular weight is 393 g/mol. The van der Waals surface area contributed by atoms with Crippen molar-refractivity contribution >= 4 is 17.4 Å². The van der Waals surface area contributed by atoms with Crippen molar-refractivity contribution in [3.63, 3.8) is 0 Å². The third-order valence-corrected chi connectivity index (χ3v) is 5.24. The smallest absolute Gasteiger partial charge is 0.295 e. The Morgan fingerprint density at radius 1 is 1.00 bits per heavy atom. The summed E-state index contributed by atoms with van der Waals surface area (Å²) in [7, 11) is 0. The van der Waals surface area contributed by atoms with Crippen LogP contribution < -0.4 is 0 Å². The second kappa shape index (κ2) is 8.21. The lowest BCUT2D eigenvalue weighted by Crippen LogP contribution is -2.35. The van der Waals surface area contributed by atoms with Crippen LogP contribution in [-0.4, -0.2) is 39.5 Å². The van der Waals surface area contributed by atoms with Crippen molar-refractivity contribution < 1.29 is 19.8 Å². The summed E-state index contributed by atoms with van der Waals surface area (Å²) < 4.78 is 0. The number of hydrogen-bond donors (Lipinski definition) is 2. The first kappa shape index (κ1) is 20.8. The van der Waals surface area contributed by atoms with Crippen LogP contribution >= 0.6 is 0 Å². The maximum atomic E-state index is 12.8. The van der Waals surface area contributed by atoms with Gasteiger partial charge in [0.25, 0.3) is 11.7 Å². The van der Waals surface area contributed by atoms with Crippen molar-refractivity contribution in [1.82, 2.24) is 4.90 Å². The number of ketones is 1. The van der Waals surface area contributed by atoms with Crippen molar-refractivity contribution in [3.05, 3.63) is 76.4 Å². The Bertz CT molecular complexity index is 940. The van der Waals surface area contributed by atoms with Gasteiger partial charge < -0.3 is 15.1 Å². The highest BCUT2D eigenvalue weighted by Gasteiger charge is 2.46. The summed E-state index contributed by atoms with van der Waals surface area (Å²) in [4.78, 5) is 26.9. The fourth-order valence-corrected chi connectivity index (χ4v) is 3.63. The van der Waals surface area contributed by atoms with Crippen molar-refractivity contribution in [3.8, 4) is 0 Å². The number of β-amino-alcohol motifs (C(OH)–C–C–N with tert-alkyl or cyclic N) is 1. The van der Waals surface area contributed by atoms with Crippen LogP contribution in [0.3, 0.4) is 0 Å². The van der Waals surface area contributed by atoms with E-state index >= 15 is 0 Å². The van der Waals surface area contributed by atoms with Crippen molar-refractivity contribution in [2.45, 2.75) is 45.8 Å². The minimum atomic E-state index is -0.801. The molecule has 0 aromatic heterocycles. The zero-order chi connectivity index (χ0) is 21.3. The summed E-state index contributed by atoms with van der Waals surface area (Å²) in [6, 6.07) is 14.1. The monoisotopic (exact) mass is 393 g/mol. The van der Waals surface area contributed by atoms with Crippen LogP contribution in [0.15, 0.2) is 54.1 Å². The van der Waals surface area contributed by atoms with E-state index in [0.717, 1.165) is 16.7 Å². The quantitative estimate of drug-likeness (QED) is 0.458. The third kappa shape index (κ3) is 4.10. The number of aliphatic hydroxyl groups is 2. The number of nitrogens with zero attached hydrogens (tertiary/aromatic N) is 1. The molecule has 2 atom stereocenters. The van der Waals surface area contributed by atoms with Gasteiger partial charge in [0.15, 0.2) is 0 Å². The van der Waals surface area contributed by atoms with E-state index in [4.69, 9.17) is 0 Å². The molecular weight excluding hydrogens is 366 g/mol. The van der Waals surface area contributed by atoms with E-state index in [1.165, 1.54) is 4.90 Å². The van der Waals surface area contributed by atoms with E-state index in [-0.39, 0.29) is 17.9 Å². The molecule has 1 aliphatic rings. The maximum absolute atomic E-state index is 12.8. The van der Waals surface area contributed by atoms with Crippen LogP contribution in [0.2, 0.25) is 0 Å². The van der Waals surface area contributed by atoms with Crippen LogP contribution in [0.4, 0.5) is 0 Å². The molecule has 1 fully saturated rings. The minimum absolute atomic E-state index is 0.00580. The van der Waals surface area contributed by atoms with Crippen LogP contribution in [-0.2, 0) is 9.59 Å². The lowest BCUT2D eigenvalue weighted by Gasteiger charge is -2.26. The highest BCUT2D eigenvalue weighted by Crippen LogP contribution is 2.39. The van der Waals surface area contributed by atoms with Gasteiger partial charge in [0.2, 0.25) is 0 Å². The molecular formula is C24H27NO4. The molecule has 1 amide bonds.